The van der Waals surface area contributed by atoms with Crippen molar-refractivity contribution in [3.8, 4) is 17.4 Å². The van der Waals surface area contributed by atoms with Crippen LogP contribution < -0.4 is 9.47 Å². The molecular formula is C21H13BrClF2N3O2. The second-order valence-electron chi connectivity index (χ2n) is 6.74. The zero-order valence-electron chi connectivity index (χ0n) is 15.3. The number of hydrogen-bond acceptors (Lipinski definition) is 4. The Morgan fingerprint density at radius 1 is 1.13 bits per heavy atom. The highest BCUT2D eigenvalue weighted by Crippen LogP contribution is 2.38. The Hall–Kier alpha value is -2.71. The average Bonchev–Trinajstić information content (AvgIpc) is 3.04. The van der Waals surface area contributed by atoms with E-state index in [0.29, 0.717) is 33.2 Å². The van der Waals surface area contributed by atoms with Crippen LogP contribution in [0, 0.1) is 0 Å². The molecule has 0 amide bonds. The molecule has 0 bridgehead atoms. The van der Waals surface area contributed by atoms with Crippen molar-refractivity contribution in [3.05, 3.63) is 75.1 Å². The number of alkyl halides is 2. The Balaban J connectivity index is 1.79. The van der Waals surface area contributed by atoms with Gasteiger partial charge in [0.15, 0.2) is 0 Å². The van der Waals surface area contributed by atoms with Crippen LogP contribution in [0.25, 0.3) is 11.0 Å². The summed E-state index contributed by atoms with van der Waals surface area (Å²) in [5.74, 6) is 1.53. The van der Waals surface area contributed by atoms with Gasteiger partial charge in [-0.2, -0.15) is 8.78 Å². The van der Waals surface area contributed by atoms with Gasteiger partial charge in [-0.15, -0.1) is 0 Å². The van der Waals surface area contributed by atoms with Crippen LogP contribution in [0.4, 0.5) is 8.78 Å². The van der Waals surface area contributed by atoms with Crippen LogP contribution in [0.2, 0.25) is 5.02 Å². The van der Waals surface area contributed by atoms with Gasteiger partial charge >= 0.3 is 6.61 Å². The van der Waals surface area contributed by atoms with E-state index in [0.717, 1.165) is 22.4 Å². The maximum absolute atomic E-state index is 13.1. The van der Waals surface area contributed by atoms with E-state index in [1.165, 1.54) is 6.07 Å². The SMILES string of the molecule is FC(F)Oc1cccc2c1Cn1c(nc3ccc(Cl)cc31)Cc1ccc(Br)nc1O2. The molecule has 1 aliphatic rings. The summed E-state index contributed by atoms with van der Waals surface area (Å²) < 4.78 is 39.5. The lowest BCUT2D eigenvalue weighted by Gasteiger charge is -2.16. The molecule has 2 aromatic heterocycles. The van der Waals surface area contributed by atoms with Crippen LogP contribution in [0.15, 0.2) is 53.1 Å². The molecule has 1 aliphatic heterocycles. The maximum Gasteiger partial charge on any atom is 0.387 e. The molecule has 5 nitrogen and oxygen atoms in total. The molecule has 0 saturated heterocycles. The Morgan fingerprint density at radius 3 is 2.83 bits per heavy atom. The predicted octanol–water partition coefficient (Wildman–Crippen LogP) is 6.19. The summed E-state index contributed by atoms with van der Waals surface area (Å²) in [6.45, 7) is -2.74. The summed E-state index contributed by atoms with van der Waals surface area (Å²) in [5.41, 5.74) is 2.84. The summed E-state index contributed by atoms with van der Waals surface area (Å²) in [4.78, 5) is 9.18. The Kier molecular flexibility index (Phi) is 4.83. The molecule has 30 heavy (non-hydrogen) atoms. The van der Waals surface area contributed by atoms with E-state index in [1.807, 2.05) is 28.8 Å². The quantitative estimate of drug-likeness (QED) is 0.276. The van der Waals surface area contributed by atoms with Gasteiger partial charge in [-0.25, -0.2) is 9.97 Å². The molecule has 9 heteroatoms. The first-order valence-corrected chi connectivity index (χ1v) is 10.2. The largest absolute Gasteiger partial charge is 0.438 e. The molecule has 0 radical (unpaired) electrons. The van der Waals surface area contributed by atoms with Crippen LogP contribution in [-0.2, 0) is 13.0 Å². The van der Waals surface area contributed by atoms with Crippen LogP contribution in [0.5, 0.6) is 17.4 Å². The minimum Gasteiger partial charge on any atom is -0.438 e. The van der Waals surface area contributed by atoms with Crippen LogP contribution in [0.3, 0.4) is 0 Å². The predicted molar refractivity (Wildman–Crippen MR) is 112 cm³/mol. The second kappa shape index (κ2) is 7.52. The summed E-state index contributed by atoms with van der Waals surface area (Å²) in [6, 6.07) is 13.9. The second-order valence-corrected chi connectivity index (χ2v) is 7.98. The number of rotatable bonds is 2. The molecule has 2 aromatic carbocycles. The monoisotopic (exact) mass is 491 g/mol. The number of nitrogens with zero attached hydrogens (tertiary/aromatic N) is 3. The van der Waals surface area contributed by atoms with Gasteiger partial charge < -0.3 is 14.0 Å². The normalized spacial score (nSPS) is 13.0. The van der Waals surface area contributed by atoms with Gasteiger partial charge in [-0.3, -0.25) is 0 Å². The van der Waals surface area contributed by atoms with Gasteiger partial charge in [0.05, 0.1) is 23.1 Å². The fourth-order valence-corrected chi connectivity index (χ4v) is 4.02. The van der Waals surface area contributed by atoms with E-state index in [4.69, 9.17) is 26.1 Å². The summed E-state index contributed by atoms with van der Waals surface area (Å²) in [5, 5.41) is 0.560. The first-order valence-electron chi connectivity index (χ1n) is 9.02. The molecule has 4 aromatic rings. The average molecular weight is 493 g/mol. The van der Waals surface area contributed by atoms with Crippen LogP contribution >= 0.6 is 27.5 Å². The minimum atomic E-state index is -2.96. The van der Waals surface area contributed by atoms with E-state index >= 15 is 0 Å². The van der Waals surface area contributed by atoms with Crippen molar-refractivity contribution >= 4 is 38.6 Å². The van der Waals surface area contributed by atoms with Crippen molar-refractivity contribution in [2.75, 3.05) is 0 Å². The number of ether oxygens (including phenoxy) is 2. The highest BCUT2D eigenvalue weighted by Gasteiger charge is 2.23. The molecule has 0 atom stereocenters. The molecule has 0 unspecified atom stereocenters. The van der Waals surface area contributed by atoms with Gasteiger partial charge in [-0.05, 0) is 52.3 Å². The molecule has 0 saturated carbocycles. The number of imidazole rings is 1. The number of halogens is 4. The molecule has 3 heterocycles. The number of aromatic nitrogens is 3. The van der Waals surface area contributed by atoms with Crippen molar-refractivity contribution in [2.45, 2.75) is 19.6 Å². The first-order chi connectivity index (χ1) is 14.5. The highest BCUT2D eigenvalue weighted by atomic mass is 79.9. The van der Waals surface area contributed by atoms with Gasteiger partial charge in [0.2, 0.25) is 5.88 Å². The lowest BCUT2D eigenvalue weighted by molar-refractivity contribution is -0.0505. The molecule has 0 spiro atoms. The van der Waals surface area contributed by atoms with Crippen molar-refractivity contribution in [3.63, 3.8) is 0 Å². The van der Waals surface area contributed by atoms with Crippen molar-refractivity contribution in [1.29, 1.82) is 0 Å². The maximum atomic E-state index is 13.1. The fourth-order valence-electron chi connectivity index (χ4n) is 3.56. The van der Waals surface area contributed by atoms with Gasteiger partial charge in [0, 0.05) is 17.0 Å². The highest BCUT2D eigenvalue weighted by molar-refractivity contribution is 9.10. The summed E-state index contributed by atoms with van der Waals surface area (Å²) in [6.07, 6.45) is 0.445. The standard InChI is InChI=1S/C21H13BrClF2N3O2/c22-18-7-4-11-8-19-26-14-6-5-12(23)9-15(14)28(19)10-13-16(29-20(11)27-18)2-1-3-17(13)30-21(24)25/h1-7,9,21H,8,10H2. The summed E-state index contributed by atoms with van der Waals surface area (Å²) >= 11 is 9.58. The Labute approximate surface area is 183 Å². The van der Waals surface area contributed by atoms with Gasteiger partial charge in [0.1, 0.15) is 21.9 Å². The van der Waals surface area contributed by atoms with Gasteiger partial charge in [0.25, 0.3) is 0 Å². The van der Waals surface area contributed by atoms with Crippen LogP contribution in [-0.4, -0.2) is 21.1 Å². The van der Waals surface area contributed by atoms with E-state index in [2.05, 4.69) is 20.9 Å². The minimum absolute atomic E-state index is 0.0378. The van der Waals surface area contributed by atoms with Crippen molar-refractivity contribution in [1.82, 2.24) is 14.5 Å². The third-order valence-electron chi connectivity index (χ3n) is 4.87. The molecule has 0 N–H and O–H groups in total. The molecule has 0 aliphatic carbocycles. The fraction of sp³-hybridized carbons (Fsp3) is 0.143. The van der Waals surface area contributed by atoms with Gasteiger partial charge in [-0.1, -0.05) is 23.7 Å². The lowest BCUT2D eigenvalue weighted by atomic mass is 10.1. The summed E-state index contributed by atoms with van der Waals surface area (Å²) in [7, 11) is 0. The zero-order valence-corrected chi connectivity index (χ0v) is 17.6. The van der Waals surface area contributed by atoms with E-state index < -0.39 is 6.61 Å². The zero-order chi connectivity index (χ0) is 20.8. The smallest absolute Gasteiger partial charge is 0.387 e. The molecule has 152 valence electrons. The molecular weight excluding hydrogens is 480 g/mol. The van der Waals surface area contributed by atoms with Crippen molar-refractivity contribution in [2.24, 2.45) is 0 Å². The number of pyridine rings is 1. The first kappa shape index (κ1) is 19.3. The third kappa shape index (κ3) is 3.50. The molecule has 5 rings (SSSR count). The number of hydrogen-bond donors (Lipinski definition) is 0. The van der Waals surface area contributed by atoms with E-state index in [-0.39, 0.29) is 12.3 Å². The molecule has 0 fully saturated rings. The van der Waals surface area contributed by atoms with E-state index in [1.54, 1.807) is 18.2 Å². The Morgan fingerprint density at radius 2 is 2.00 bits per heavy atom. The van der Waals surface area contributed by atoms with Crippen molar-refractivity contribution < 1.29 is 18.3 Å². The van der Waals surface area contributed by atoms with Crippen LogP contribution in [0.1, 0.15) is 17.0 Å². The number of fused-ring (bicyclic) bond motifs is 5. The topological polar surface area (TPSA) is 49.2 Å². The van der Waals surface area contributed by atoms with E-state index in [9.17, 15) is 8.78 Å². The number of benzene rings is 2. The Bertz CT molecular complexity index is 1280. The lowest BCUT2D eigenvalue weighted by Crippen LogP contribution is -2.09. The third-order valence-corrected chi connectivity index (χ3v) is 5.55.